The first-order valence-electron chi connectivity index (χ1n) is 6.55. The molecule has 4 nitrogen and oxygen atoms in total. The molecule has 102 valence electrons. The first kappa shape index (κ1) is 16.4. The average molecular weight is 243 g/mol. The van der Waals surface area contributed by atoms with E-state index in [4.69, 9.17) is 5.73 Å². The van der Waals surface area contributed by atoms with Crippen molar-refractivity contribution in [3.05, 3.63) is 0 Å². The van der Waals surface area contributed by atoms with E-state index in [0.29, 0.717) is 12.5 Å². The number of rotatable bonds is 8. The lowest BCUT2D eigenvalue weighted by Crippen LogP contribution is -2.43. The van der Waals surface area contributed by atoms with Gasteiger partial charge in [-0.15, -0.1) is 0 Å². The number of carbonyl (C=O) groups is 1. The van der Waals surface area contributed by atoms with Crippen LogP contribution in [-0.2, 0) is 4.79 Å². The normalized spacial score (nSPS) is 13.2. The van der Waals surface area contributed by atoms with Gasteiger partial charge in [-0.1, -0.05) is 20.8 Å². The summed E-state index contributed by atoms with van der Waals surface area (Å²) in [5.41, 5.74) is 5.65. The highest BCUT2D eigenvalue weighted by Crippen LogP contribution is 2.09. The van der Waals surface area contributed by atoms with Crippen LogP contribution in [0.3, 0.4) is 0 Å². The maximum atomic E-state index is 12.3. The zero-order valence-corrected chi connectivity index (χ0v) is 12.1. The molecule has 0 aromatic heterocycles. The van der Waals surface area contributed by atoms with E-state index in [-0.39, 0.29) is 11.8 Å². The second kappa shape index (κ2) is 8.48. The first-order chi connectivity index (χ1) is 7.92. The van der Waals surface area contributed by atoms with Crippen molar-refractivity contribution < 1.29 is 4.79 Å². The number of carbonyl (C=O) groups excluding carboxylic acids is 1. The van der Waals surface area contributed by atoms with E-state index in [2.05, 4.69) is 18.7 Å². The molecule has 1 unspecified atom stereocenters. The molecule has 0 saturated carbocycles. The fourth-order valence-electron chi connectivity index (χ4n) is 1.75. The van der Waals surface area contributed by atoms with Crippen LogP contribution in [0.25, 0.3) is 0 Å². The first-order valence-corrected chi connectivity index (χ1v) is 6.55. The van der Waals surface area contributed by atoms with Gasteiger partial charge >= 0.3 is 0 Å². The van der Waals surface area contributed by atoms with Gasteiger partial charge in [0.05, 0.1) is 5.92 Å². The number of hydrogen-bond acceptors (Lipinski definition) is 3. The Hall–Kier alpha value is -0.610. The Morgan fingerprint density at radius 3 is 2.18 bits per heavy atom. The van der Waals surface area contributed by atoms with Gasteiger partial charge in [-0.2, -0.15) is 0 Å². The Balaban J connectivity index is 4.48. The smallest absolute Gasteiger partial charge is 0.226 e. The zero-order valence-electron chi connectivity index (χ0n) is 12.1. The summed E-state index contributed by atoms with van der Waals surface area (Å²) >= 11 is 0. The predicted octanol–water partition coefficient (Wildman–Crippen LogP) is 1.02. The van der Waals surface area contributed by atoms with Crippen molar-refractivity contribution in [3.63, 3.8) is 0 Å². The number of nitrogens with zero attached hydrogens (tertiary/aromatic N) is 2. The Labute approximate surface area is 106 Å². The topological polar surface area (TPSA) is 49.6 Å². The van der Waals surface area contributed by atoms with Crippen molar-refractivity contribution in [1.29, 1.82) is 0 Å². The highest BCUT2D eigenvalue weighted by Gasteiger charge is 2.22. The molecule has 0 bridgehead atoms. The van der Waals surface area contributed by atoms with Crippen molar-refractivity contribution in [1.82, 2.24) is 9.80 Å². The van der Waals surface area contributed by atoms with Crippen molar-refractivity contribution >= 4 is 5.91 Å². The van der Waals surface area contributed by atoms with Gasteiger partial charge in [0.15, 0.2) is 0 Å². The minimum absolute atomic E-state index is 0.0177. The Kier molecular flexibility index (Phi) is 8.17. The number of likely N-dealkylation sites (N-methyl/N-ethyl adjacent to an activating group) is 1. The van der Waals surface area contributed by atoms with Crippen LogP contribution < -0.4 is 5.73 Å². The molecular formula is C13H29N3O. The third kappa shape index (κ3) is 6.64. The molecule has 1 atom stereocenters. The summed E-state index contributed by atoms with van der Waals surface area (Å²) < 4.78 is 0. The van der Waals surface area contributed by atoms with Gasteiger partial charge in [-0.05, 0) is 26.4 Å². The highest BCUT2D eigenvalue weighted by molar-refractivity contribution is 5.79. The van der Waals surface area contributed by atoms with E-state index in [1.165, 1.54) is 0 Å². The molecule has 0 saturated heterocycles. The van der Waals surface area contributed by atoms with Gasteiger partial charge in [0.1, 0.15) is 0 Å². The average Bonchev–Trinajstić information content (AvgIpc) is 2.25. The number of nitrogens with two attached hydrogens (primary N) is 1. The Morgan fingerprint density at radius 1 is 1.24 bits per heavy atom. The highest BCUT2D eigenvalue weighted by atomic mass is 16.2. The van der Waals surface area contributed by atoms with Crippen molar-refractivity contribution in [2.45, 2.75) is 27.2 Å². The van der Waals surface area contributed by atoms with E-state index < -0.39 is 0 Å². The second-order valence-corrected chi connectivity index (χ2v) is 5.32. The van der Waals surface area contributed by atoms with Gasteiger partial charge in [0.25, 0.3) is 0 Å². The van der Waals surface area contributed by atoms with Crippen LogP contribution in [0, 0.1) is 11.8 Å². The summed E-state index contributed by atoms with van der Waals surface area (Å²) in [6, 6.07) is 0. The van der Waals surface area contributed by atoms with Crippen LogP contribution in [-0.4, -0.2) is 56.0 Å². The van der Waals surface area contributed by atoms with Crippen LogP contribution in [0.5, 0.6) is 0 Å². The molecule has 0 aliphatic carbocycles. The number of amides is 1. The number of hydrogen-bond donors (Lipinski definition) is 1. The van der Waals surface area contributed by atoms with Crippen LogP contribution in [0.2, 0.25) is 0 Å². The quantitative estimate of drug-likeness (QED) is 0.692. The van der Waals surface area contributed by atoms with Crippen LogP contribution in [0.15, 0.2) is 0 Å². The molecule has 0 rings (SSSR count). The van der Waals surface area contributed by atoms with Crippen LogP contribution >= 0.6 is 0 Å². The lowest BCUT2D eigenvalue weighted by Gasteiger charge is -2.29. The van der Waals surface area contributed by atoms with Crippen molar-refractivity contribution in [2.75, 3.05) is 40.3 Å². The predicted molar refractivity (Wildman–Crippen MR) is 72.8 cm³/mol. The SMILES string of the molecule is CCC(CN)C(=O)N(CCN(C)C)CC(C)C. The monoisotopic (exact) mass is 243 g/mol. The van der Waals surface area contributed by atoms with Gasteiger partial charge in [-0.3, -0.25) is 4.79 Å². The Bertz CT molecular complexity index is 213. The summed E-state index contributed by atoms with van der Waals surface area (Å²) in [6.45, 7) is 9.27. The lowest BCUT2D eigenvalue weighted by molar-refractivity contribution is -0.136. The molecular weight excluding hydrogens is 214 g/mol. The second-order valence-electron chi connectivity index (χ2n) is 5.32. The van der Waals surface area contributed by atoms with Crippen molar-refractivity contribution in [2.24, 2.45) is 17.6 Å². The molecule has 0 radical (unpaired) electrons. The standard InChI is InChI=1S/C13H29N3O/c1-6-12(9-14)13(17)16(10-11(2)3)8-7-15(4)5/h11-12H,6-10,14H2,1-5H3. The van der Waals surface area contributed by atoms with Gasteiger partial charge in [0, 0.05) is 26.2 Å². The molecule has 0 spiro atoms. The fourth-order valence-corrected chi connectivity index (χ4v) is 1.75. The molecule has 17 heavy (non-hydrogen) atoms. The Morgan fingerprint density at radius 2 is 1.82 bits per heavy atom. The maximum absolute atomic E-state index is 12.3. The molecule has 1 amide bonds. The zero-order chi connectivity index (χ0) is 13.4. The van der Waals surface area contributed by atoms with Crippen LogP contribution in [0.1, 0.15) is 27.2 Å². The van der Waals surface area contributed by atoms with E-state index in [0.717, 1.165) is 26.1 Å². The molecule has 2 N–H and O–H groups in total. The van der Waals surface area contributed by atoms with E-state index in [9.17, 15) is 4.79 Å². The van der Waals surface area contributed by atoms with E-state index >= 15 is 0 Å². The fraction of sp³-hybridized carbons (Fsp3) is 0.923. The molecule has 0 heterocycles. The molecule has 0 aromatic rings. The van der Waals surface area contributed by atoms with E-state index in [1.807, 2.05) is 25.9 Å². The summed E-state index contributed by atoms with van der Waals surface area (Å²) in [5, 5.41) is 0. The summed E-state index contributed by atoms with van der Waals surface area (Å²) in [5.74, 6) is 0.692. The molecule has 0 aliphatic heterocycles. The molecule has 0 aromatic carbocycles. The summed E-state index contributed by atoms with van der Waals surface area (Å²) in [4.78, 5) is 16.3. The third-order valence-electron chi connectivity index (χ3n) is 2.84. The molecule has 0 aliphatic rings. The van der Waals surface area contributed by atoms with Gasteiger partial charge < -0.3 is 15.5 Å². The molecule has 0 fully saturated rings. The third-order valence-corrected chi connectivity index (χ3v) is 2.84. The maximum Gasteiger partial charge on any atom is 0.226 e. The van der Waals surface area contributed by atoms with Crippen molar-refractivity contribution in [3.8, 4) is 0 Å². The molecule has 4 heteroatoms. The van der Waals surface area contributed by atoms with E-state index in [1.54, 1.807) is 0 Å². The minimum atomic E-state index is -0.0177. The lowest BCUT2D eigenvalue weighted by atomic mass is 10.0. The summed E-state index contributed by atoms with van der Waals surface area (Å²) in [6.07, 6.45) is 0.825. The summed E-state index contributed by atoms with van der Waals surface area (Å²) in [7, 11) is 4.05. The largest absolute Gasteiger partial charge is 0.341 e. The van der Waals surface area contributed by atoms with Crippen LogP contribution in [0.4, 0.5) is 0 Å². The minimum Gasteiger partial charge on any atom is -0.341 e. The van der Waals surface area contributed by atoms with Gasteiger partial charge in [0.2, 0.25) is 5.91 Å². The van der Waals surface area contributed by atoms with Gasteiger partial charge in [-0.25, -0.2) is 0 Å².